The van der Waals surface area contributed by atoms with Gasteiger partial charge in [-0.2, -0.15) is 4.31 Å². The molecular weight excluding hydrogens is 454 g/mol. The third-order valence-electron chi connectivity index (χ3n) is 4.96. The summed E-state index contributed by atoms with van der Waals surface area (Å²) in [6.45, 7) is 1.27. The number of hydrogen-bond acceptors (Lipinski definition) is 3. The van der Waals surface area contributed by atoms with Crippen molar-refractivity contribution in [3.63, 3.8) is 0 Å². The van der Waals surface area contributed by atoms with Gasteiger partial charge in [-0.15, -0.1) is 0 Å². The number of piperazine rings is 1. The number of amides is 1. The van der Waals surface area contributed by atoms with Gasteiger partial charge >= 0.3 is 0 Å². The van der Waals surface area contributed by atoms with Crippen molar-refractivity contribution in [3.05, 3.63) is 83.1 Å². The van der Waals surface area contributed by atoms with Crippen LogP contribution in [0.3, 0.4) is 0 Å². The molecule has 29 heavy (non-hydrogen) atoms. The Morgan fingerprint density at radius 3 is 2.24 bits per heavy atom. The minimum atomic E-state index is -3.57. The Morgan fingerprint density at radius 1 is 0.862 bits per heavy atom. The summed E-state index contributed by atoms with van der Waals surface area (Å²) in [4.78, 5) is 14.9. The van der Waals surface area contributed by atoms with Crippen molar-refractivity contribution in [2.75, 3.05) is 26.2 Å². The normalized spacial score (nSPS) is 15.4. The van der Waals surface area contributed by atoms with Gasteiger partial charge in [0.1, 0.15) is 0 Å². The third-order valence-corrected chi connectivity index (χ3v) is 7.34. The van der Waals surface area contributed by atoms with E-state index in [-0.39, 0.29) is 23.9 Å². The van der Waals surface area contributed by atoms with Gasteiger partial charge in [0.2, 0.25) is 10.0 Å². The highest BCUT2D eigenvalue weighted by atomic mass is 79.9. The van der Waals surface area contributed by atoms with Gasteiger partial charge in [-0.05, 0) is 48.5 Å². The van der Waals surface area contributed by atoms with Crippen molar-refractivity contribution in [2.24, 2.45) is 0 Å². The van der Waals surface area contributed by atoms with E-state index in [1.165, 1.54) is 4.31 Å². The van der Waals surface area contributed by atoms with Crippen LogP contribution in [0.5, 0.6) is 0 Å². The molecule has 1 aliphatic rings. The maximum Gasteiger partial charge on any atom is 0.254 e. The molecule has 1 aliphatic heterocycles. The lowest BCUT2D eigenvalue weighted by molar-refractivity contribution is 0.0698. The first-order valence-electron chi connectivity index (χ1n) is 9.23. The number of carbonyl (C=O) groups is 1. The maximum atomic E-state index is 12.9. The zero-order valence-electron chi connectivity index (χ0n) is 15.6. The smallest absolute Gasteiger partial charge is 0.254 e. The molecule has 0 N–H and O–H groups in total. The Labute approximate surface area is 178 Å². The van der Waals surface area contributed by atoms with E-state index in [0.29, 0.717) is 18.7 Å². The van der Waals surface area contributed by atoms with E-state index >= 15 is 0 Å². The molecule has 1 fully saturated rings. The number of rotatable bonds is 4. The standard InChI is InChI=1S/C21H20BrN3O3S/c22-18-6-4-8-20(16-18)29(27,28)25-13-11-24(12-14-25)21(26)17-5-3-7-19(15-17)23-9-1-2-10-23/h1-10,15-16H,11-14H2. The number of nitrogens with zero attached hydrogens (tertiary/aromatic N) is 3. The molecule has 6 nitrogen and oxygen atoms in total. The Hall–Kier alpha value is -2.42. The summed E-state index contributed by atoms with van der Waals surface area (Å²) in [5, 5.41) is 0. The van der Waals surface area contributed by atoms with Gasteiger partial charge in [-0.1, -0.05) is 28.1 Å². The molecule has 4 rings (SSSR count). The van der Waals surface area contributed by atoms with Crippen molar-refractivity contribution < 1.29 is 13.2 Å². The van der Waals surface area contributed by atoms with Crippen molar-refractivity contribution in [1.82, 2.24) is 13.8 Å². The van der Waals surface area contributed by atoms with Crippen LogP contribution in [0.2, 0.25) is 0 Å². The minimum absolute atomic E-state index is 0.0847. The van der Waals surface area contributed by atoms with Gasteiger partial charge in [0.15, 0.2) is 0 Å². The van der Waals surface area contributed by atoms with Crippen molar-refractivity contribution in [3.8, 4) is 5.69 Å². The Balaban J connectivity index is 1.46. The highest BCUT2D eigenvalue weighted by Crippen LogP contribution is 2.22. The van der Waals surface area contributed by atoms with Crippen LogP contribution < -0.4 is 0 Å². The quantitative estimate of drug-likeness (QED) is 0.583. The largest absolute Gasteiger partial charge is 0.336 e. The number of hydrogen-bond donors (Lipinski definition) is 0. The van der Waals surface area contributed by atoms with Gasteiger partial charge in [0.25, 0.3) is 5.91 Å². The van der Waals surface area contributed by atoms with Crippen LogP contribution in [0, 0.1) is 0 Å². The van der Waals surface area contributed by atoms with E-state index in [0.717, 1.165) is 10.2 Å². The highest BCUT2D eigenvalue weighted by Gasteiger charge is 2.30. The average Bonchev–Trinajstić information content (AvgIpc) is 3.28. The van der Waals surface area contributed by atoms with Crippen molar-refractivity contribution in [2.45, 2.75) is 4.90 Å². The number of benzene rings is 2. The van der Waals surface area contributed by atoms with Crippen LogP contribution in [0.15, 0.2) is 82.4 Å². The van der Waals surface area contributed by atoms with Gasteiger partial charge in [-0.3, -0.25) is 4.79 Å². The van der Waals surface area contributed by atoms with Crippen LogP contribution in [-0.2, 0) is 10.0 Å². The summed E-state index contributed by atoms with van der Waals surface area (Å²) in [7, 11) is -3.57. The zero-order valence-corrected chi connectivity index (χ0v) is 18.0. The maximum absolute atomic E-state index is 12.9. The molecule has 150 valence electrons. The number of sulfonamides is 1. The minimum Gasteiger partial charge on any atom is -0.336 e. The van der Waals surface area contributed by atoms with Crippen molar-refractivity contribution >= 4 is 31.9 Å². The lowest BCUT2D eigenvalue weighted by Crippen LogP contribution is -2.50. The zero-order chi connectivity index (χ0) is 20.4. The number of halogens is 1. The molecule has 0 spiro atoms. The second-order valence-corrected chi connectivity index (χ2v) is 9.65. The Morgan fingerprint density at radius 2 is 1.55 bits per heavy atom. The van der Waals surface area contributed by atoms with E-state index in [2.05, 4.69) is 15.9 Å². The monoisotopic (exact) mass is 473 g/mol. The summed E-state index contributed by atoms with van der Waals surface area (Å²) in [5.74, 6) is -0.0847. The molecule has 2 heterocycles. The molecule has 3 aromatic rings. The summed E-state index contributed by atoms with van der Waals surface area (Å²) in [6.07, 6.45) is 3.85. The number of carbonyl (C=O) groups excluding carboxylic acids is 1. The van der Waals surface area contributed by atoms with E-state index in [1.54, 1.807) is 35.2 Å². The van der Waals surface area contributed by atoms with Gasteiger partial charge in [0, 0.05) is 54.3 Å². The summed E-state index contributed by atoms with van der Waals surface area (Å²) < 4.78 is 29.8. The summed E-state index contributed by atoms with van der Waals surface area (Å²) in [5.41, 5.74) is 1.51. The van der Waals surface area contributed by atoms with E-state index < -0.39 is 10.0 Å². The summed E-state index contributed by atoms with van der Waals surface area (Å²) in [6, 6.07) is 18.0. The first kappa shape index (κ1) is 19.9. The molecular formula is C21H20BrN3O3S. The molecule has 1 aromatic heterocycles. The molecule has 8 heteroatoms. The van der Waals surface area contributed by atoms with Crippen LogP contribution in [0.25, 0.3) is 5.69 Å². The summed E-state index contributed by atoms with van der Waals surface area (Å²) >= 11 is 3.32. The molecule has 1 saturated heterocycles. The third kappa shape index (κ3) is 4.14. The predicted molar refractivity (Wildman–Crippen MR) is 115 cm³/mol. The fourth-order valence-corrected chi connectivity index (χ4v) is 5.42. The second kappa shape index (κ2) is 8.14. The Kier molecular flexibility index (Phi) is 5.58. The molecule has 0 radical (unpaired) electrons. The first-order valence-corrected chi connectivity index (χ1v) is 11.5. The van der Waals surface area contributed by atoms with Crippen LogP contribution in [0.4, 0.5) is 0 Å². The topological polar surface area (TPSA) is 62.6 Å². The lowest BCUT2D eigenvalue weighted by atomic mass is 10.1. The van der Waals surface area contributed by atoms with E-state index in [1.807, 2.05) is 47.3 Å². The molecule has 2 aromatic carbocycles. The van der Waals surface area contributed by atoms with E-state index in [4.69, 9.17) is 0 Å². The first-order chi connectivity index (χ1) is 13.9. The second-order valence-electron chi connectivity index (χ2n) is 6.79. The lowest BCUT2D eigenvalue weighted by Gasteiger charge is -2.34. The Bertz CT molecular complexity index is 1120. The average molecular weight is 474 g/mol. The SMILES string of the molecule is O=C(c1cccc(-n2cccc2)c1)N1CCN(S(=O)(=O)c2cccc(Br)c2)CC1. The van der Waals surface area contributed by atoms with Crippen molar-refractivity contribution in [1.29, 1.82) is 0 Å². The number of aromatic nitrogens is 1. The molecule has 0 unspecified atom stereocenters. The molecule has 1 amide bonds. The van der Waals surface area contributed by atoms with Crippen LogP contribution in [0.1, 0.15) is 10.4 Å². The fourth-order valence-electron chi connectivity index (χ4n) is 3.40. The molecule has 0 aliphatic carbocycles. The van der Waals surface area contributed by atoms with E-state index in [9.17, 15) is 13.2 Å². The van der Waals surface area contributed by atoms with Crippen LogP contribution in [-0.4, -0.2) is 54.3 Å². The van der Waals surface area contributed by atoms with Crippen LogP contribution >= 0.6 is 15.9 Å². The van der Waals surface area contributed by atoms with Gasteiger partial charge in [0.05, 0.1) is 4.90 Å². The highest BCUT2D eigenvalue weighted by molar-refractivity contribution is 9.10. The molecule has 0 atom stereocenters. The molecule has 0 bridgehead atoms. The van der Waals surface area contributed by atoms with Gasteiger partial charge in [-0.25, -0.2) is 8.42 Å². The predicted octanol–water partition coefficient (Wildman–Crippen LogP) is 3.39. The molecule has 0 saturated carbocycles. The van der Waals surface area contributed by atoms with Gasteiger partial charge < -0.3 is 9.47 Å². The fraction of sp³-hybridized carbons (Fsp3) is 0.190.